The minimum absolute atomic E-state index is 0.0129. The Morgan fingerprint density at radius 1 is 1.06 bits per heavy atom. The molecule has 9 heteroatoms. The fraction of sp³-hybridized carbons (Fsp3) is 0.259. The lowest BCUT2D eigenvalue weighted by atomic mass is 10.1. The molecule has 1 fully saturated rings. The number of nitrogens with zero attached hydrogens (tertiary/aromatic N) is 3. The Hall–Kier alpha value is -4.11. The van der Waals surface area contributed by atoms with E-state index in [2.05, 4.69) is 25.9 Å². The predicted octanol–water partition coefficient (Wildman–Crippen LogP) is 4.39. The number of hydrogen-bond acceptors (Lipinski definition) is 7. The van der Waals surface area contributed by atoms with Gasteiger partial charge in [0.05, 0.1) is 23.7 Å². The number of carbonyl (C=O) groups is 1. The maximum Gasteiger partial charge on any atom is 0.245 e. The van der Waals surface area contributed by atoms with Crippen LogP contribution in [0.25, 0.3) is 22.3 Å². The van der Waals surface area contributed by atoms with Crippen LogP contribution in [0.5, 0.6) is 5.88 Å². The van der Waals surface area contributed by atoms with Gasteiger partial charge >= 0.3 is 0 Å². The first-order valence-corrected chi connectivity index (χ1v) is 12.0. The minimum atomic E-state index is -0.276. The summed E-state index contributed by atoms with van der Waals surface area (Å²) in [4.78, 5) is 26.2. The Labute approximate surface area is 208 Å². The van der Waals surface area contributed by atoms with Crippen LogP contribution < -0.4 is 20.7 Å². The number of ether oxygens (including phenoxy) is 1. The SMILES string of the molecule is CCOc1nc(NCc2ccc(F)cc2)nc2ccc(-c3ccc(NC(=O)C4CCNC4)cc3)nc12. The van der Waals surface area contributed by atoms with Crippen molar-refractivity contribution in [1.29, 1.82) is 0 Å². The van der Waals surface area contributed by atoms with E-state index >= 15 is 0 Å². The Morgan fingerprint density at radius 3 is 2.58 bits per heavy atom. The average molecular weight is 487 g/mol. The van der Waals surface area contributed by atoms with Gasteiger partial charge in [-0.2, -0.15) is 4.98 Å². The first-order chi connectivity index (χ1) is 17.6. The molecule has 2 aromatic heterocycles. The summed E-state index contributed by atoms with van der Waals surface area (Å²) in [5.41, 5.74) is 4.52. The number of pyridine rings is 1. The van der Waals surface area contributed by atoms with Crippen molar-refractivity contribution in [1.82, 2.24) is 20.3 Å². The third kappa shape index (κ3) is 5.41. The Morgan fingerprint density at radius 2 is 1.86 bits per heavy atom. The summed E-state index contributed by atoms with van der Waals surface area (Å²) in [7, 11) is 0. The number of carbonyl (C=O) groups excluding carboxylic acids is 1. The van der Waals surface area contributed by atoms with Gasteiger partial charge < -0.3 is 20.7 Å². The van der Waals surface area contributed by atoms with Gasteiger partial charge in [0.2, 0.25) is 17.7 Å². The van der Waals surface area contributed by atoms with Gasteiger partial charge in [0, 0.05) is 24.3 Å². The van der Waals surface area contributed by atoms with Crippen LogP contribution >= 0.6 is 0 Å². The number of nitrogens with one attached hydrogen (secondary N) is 3. The lowest BCUT2D eigenvalue weighted by molar-refractivity contribution is -0.119. The molecule has 184 valence electrons. The van der Waals surface area contributed by atoms with Crippen molar-refractivity contribution in [3.05, 3.63) is 72.0 Å². The molecule has 0 saturated carbocycles. The molecule has 1 aliphatic heterocycles. The monoisotopic (exact) mass is 486 g/mol. The Kier molecular flexibility index (Phi) is 6.99. The van der Waals surface area contributed by atoms with Gasteiger partial charge in [-0.3, -0.25) is 4.79 Å². The van der Waals surface area contributed by atoms with Crippen LogP contribution in [0.15, 0.2) is 60.7 Å². The molecule has 3 N–H and O–H groups in total. The van der Waals surface area contributed by atoms with Crippen LogP contribution in [0.2, 0.25) is 0 Å². The van der Waals surface area contributed by atoms with E-state index in [1.165, 1.54) is 12.1 Å². The molecular weight excluding hydrogens is 459 g/mol. The lowest BCUT2D eigenvalue weighted by Gasteiger charge is -2.12. The van der Waals surface area contributed by atoms with Crippen molar-refractivity contribution in [3.8, 4) is 17.1 Å². The fourth-order valence-corrected chi connectivity index (χ4v) is 4.10. The van der Waals surface area contributed by atoms with Crippen LogP contribution in [0.1, 0.15) is 18.9 Å². The predicted molar refractivity (Wildman–Crippen MR) is 137 cm³/mol. The molecule has 1 saturated heterocycles. The zero-order valence-electron chi connectivity index (χ0n) is 19.9. The van der Waals surface area contributed by atoms with Crippen molar-refractivity contribution in [3.63, 3.8) is 0 Å². The third-order valence-electron chi connectivity index (χ3n) is 6.03. The van der Waals surface area contributed by atoms with E-state index in [0.717, 1.165) is 42.0 Å². The molecule has 8 nitrogen and oxygen atoms in total. The second kappa shape index (κ2) is 10.7. The van der Waals surface area contributed by atoms with Gasteiger partial charge in [-0.05, 0) is 61.9 Å². The zero-order chi connectivity index (χ0) is 24.9. The van der Waals surface area contributed by atoms with Gasteiger partial charge in [0.15, 0.2) is 5.52 Å². The van der Waals surface area contributed by atoms with Crippen molar-refractivity contribution < 1.29 is 13.9 Å². The molecule has 0 bridgehead atoms. The molecule has 4 aromatic rings. The Bertz CT molecular complexity index is 1360. The molecule has 0 spiro atoms. The van der Waals surface area contributed by atoms with Crippen LogP contribution in [0, 0.1) is 11.7 Å². The number of hydrogen-bond donors (Lipinski definition) is 3. The largest absolute Gasteiger partial charge is 0.476 e. The highest BCUT2D eigenvalue weighted by atomic mass is 19.1. The summed E-state index contributed by atoms with van der Waals surface area (Å²) in [6.07, 6.45) is 0.860. The first-order valence-electron chi connectivity index (χ1n) is 12.0. The van der Waals surface area contributed by atoms with Crippen LogP contribution in [-0.2, 0) is 11.3 Å². The molecule has 36 heavy (non-hydrogen) atoms. The smallest absolute Gasteiger partial charge is 0.245 e. The highest BCUT2D eigenvalue weighted by Gasteiger charge is 2.22. The molecule has 5 rings (SSSR count). The normalized spacial score (nSPS) is 15.1. The van der Waals surface area contributed by atoms with Gasteiger partial charge in [-0.1, -0.05) is 24.3 Å². The third-order valence-corrected chi connectivity index (χ3v) is 6.03. The summed E-state index contributed by atoms with van der Waals surface area (Å²) in [5.74, 6) is 0.572. The zero-order valence-corrected chi connectivity index (χ0v) is 19.9. The molecule has 1 amide bonds. The van der Waals surface area contributed by atoms with E-state index in [9.17, 15) is 9.18 Å². The maximum absolute atomic E-state index is 13.2. The Balaban J connectivity index is 1.35. The number of amides is 1. The molecule has 0 radical (unpaired) electrons. The number of aromatic nitrogens is 3. The van der Waals surface area contributed by atoms with Crippen LogP contribution in [0.3, 0.4) is 0 Å². The molecule has 1 atom stereocenters. The number of fused-ring (bicyclic) bond motifs is 1. The van der Waals surface area contributed by atoms with Crippen LogP contribution in [-0.4, -0.2) is 40.6 Å². The standard InChI is InChI=1S/C27H27FN6O2/c1-2-36-26-24-23(33-27(34-26)30-15-17-3-7-20(28)8-4-17)12-11-22(32-24)18-5-9-21(10-6-18)31-25(35)19-13-14-29-16-19/h3-12,19,29H,2,13-16H2,1H3,(H,31,35)(H,30,33,34). The molecule has 3 heterocycles. The highest BCUT2D eigenvalue weighted by molar-refractivity contribution is 5.93. The van der Waals surface area contributed by atoms with Crippen LogP contribution in [0.4, 0.5) is 16.0 Å². The van der Waals surface area contributed by atoms with E-state index in [-0.39, 0.29) is 17.6 Å². The van der Waals surface area contributed by atoms with E-state index in [0.29, 0.717) is 36.0 Å². The van der Waals surface area contributed by atoms with E-state index in [4.69, 9.17) is 9.72 Å². The van der Waals surface area contributed by atoms with Gasteiger partial charge in [-0.25, -0.2) is 14.4 Å². The van der Waals surface area contributed by atoms with Crippen molar-refractivity contribution in [2.45, 2.75) is 19.9 Å². The molecule has 0 aliphatic carbocycles. The summed E-state index contributed by atoms with van der Waals surface area (Å²) in [6, 6.07) is 17.7. The van der Waals surface area contributed by atoms with Gasteiger partial charge in [-0.15, -0.1) is 0 Å². The maximum atomic E-state index is 13.2. The molecule has 1 unspecified atom stereocenters. The van der Waals surface area contributed by atoms with E-state index < -0.39 is 0 Å². The van der Waals surface area contributed by atoms with Crippen molar-refractivity contribution in [2.75, 3.05) is 30.3 Å². The minimum Gasteiger partial charge on any atom is -0.476 e. The second-order valence-corrected chi connectivity index (χ2v) is 8.59. The van der Waals surface area contributed by atoms with E-state index in [1.54, 1.807) is 12.1 Å². The summed E-state index contributed by atoms with van der Waals surface area (Å²) in [5, 5.41) is 9.37. The number of halogens is 1. The van der Waals surface area contributed by atoms with Crippen molar-refractivity contribution >= 4 is 28.6 Å². The number of anilines is 2. The summed E-state index contributed by atoms with van der Waals surface area (Å²) in [6.45, 7) is 4.37. The lowest BCUT2D eigenvalue weighted by Crippen LogP contribution is -2.24. The molecule has 1 aliphatic rings. The molecule has 2 aromatic carbocycles. The van der Waals surface area contributed by atoms with Gasteiger partial charge in [0.25, 0.3) is 0 Å². The highest BCUT2D eigenvalue weighted by Crippen LogP contribution is 2.27. The summed E-state index contributed by atoms with van der Waals surface area (Å²) < 4.78 is 18.9. The average Bonchev–Trinajstić information content (AvgIpc) is 3.44. The first kappa shape index (κ1) is 23.6. The van der Waals surface area contributed by atoms with Gasteiger partial charge in [0.1, 0.15) is 5.82 Å². The quantitative estimate of drug-likeness (QED) is 0.340. The van der Waals surface area contributed by atoms with E-state index in [1.807, 2.05) is 43.3 Å². The second-order valence-electron chi connectivity index (χ2n) is 8.59. The fourth-order valence-electron chi connectivity index (χ4n) is 4.10. The number of rotatable bonds is 8. The number of benzene rings is 2. The molecular formula is C27H27FN6O2. The summed E-state index contributed by atoms with van der Waals surface area (Å²) >= 11 is 0. The van der Waals surface area contributed by atoms with Crippen molar-refractivity contribution in [2.24, 2.45) is 5.92 Å². The topological polar surface area (TPSA) is 101 Å².